The third kappa shape index (κ3) is 4.59. The van der Waals surface area contributed by atoms with Crippen LogP contribution in [-0.2, 0) is 4.79 Å². The Balaban J connectivity index is 2.09. The fourth-order valence-corrected chi connectivity index (χ4v) is 2.82. The van der Waals surface area contributed by atoms with E-state index in [-0.39, 0.29) is 11.2 Å². The molecule has 1 heterocycles. The number of amides is 1. The second-order valence-electron chi connectivity index (χ2n) is 5.17. The smallest absolute Gasteiger partial charge is 0.237 e. The maximum atomic E-state index is 12.4. The molecule has 1 amide bonds. The molecule has 3 N–H and O–H groups in total. The highest BCUT2D eigenvalue weighted by molar-refractivity contribution is 8.00. The number of carbonyl (C=O) groups is 1. The van der Waals surface area contributed by atoms with Gasteiger partial charge in [0.15, 0.2) is 5.16 Å². The van der Waals surface area contributed by atoms with E-state index >= 15 is 0 Å². The van der Waals surface area contributed by atoms with E-state index in [4.69, 9.17) is 10.5 Å². The summed E-state index contributed by atoms with van der Waals surface area (Å²) in [5.74, 6) is 0.868. The molecule has 1 aromatic carbocycles. The van der Waals surface area contributed by atoms with E-state index in [1.807, 2.05) is 32.0 Å². The summed E-state index contributed by atoms with van der Waals surface area (Å²) in [6.07, 6.45) is 0. The SMILES string of the molecule is COc1ccc(C)cc1NC(=O)C(C)Sc1nc(C)cc(N)n1. The molecule has 0 aliphatic heterocycles. The van der Waals surface area contributed by atoms with Crippen molar-refractivity contribution < 1.29 is 9.53 Å². The van der Waals surface area contributed by atoms with Crippen LogP contribution in [0.1, 0.15) is 18.2 Å². The molecule has 0 saturated heterocycles. The van der Waals surface area contributed by atoms with Crippen molar-refractivity contribution in [2.75, 3.05) is 18.2 Å². The first-order valence-electron chi connectivity index (χ1n) is 7.12. The van der Waals surface area contributed by atoms with Crippen LogP contribution in [-0.4, -0.2) is 28.2 Å². The minimum Gasteiger partial charge on any atom is -0.495 e. The Morgan fingerprint density at radius 3 is 2.70 bits per heavy atom. The van der Waals surface area contributed by atoms with Crippen molar-refractivity contribution in [2.45, 2.75) is 31.2 Å². The van der Waals surface area contributed by atoms with Crippen LogP contribution in [0.25, 0.3) is 0 Å². The fraction of sp³-hybridized carbons (Fsp3) is 0.312. The number of methoxy groups -OCH3 is 1. The summed E-state index contributed by atoms with van der Waals surface area (Å²) in [7, 11) is 1.57. The predicted octanol–water partition coefficient (Wildman–Crippen LogP) is 2.80. The molecule has 0 aliphatic rings. The molecule has 1 unspecified atom stereocenters. The molecule has 2 aromatic rings. The number of ether oxygens (including phenoxy) is 1. The van der Waals surface area contributed by atoms with Gasteiger partial charge in [-0.1, -0.05) is 17.8 Å². The molecule has 0 aliphatic carbocycles. The molecule has 0 spiro atoms. The molecule has 23 heavy (non-hydrogen) atoms. The standard InChI is InChI=1S/C16H20N4O2S/c1-9-5-6-13(22-4)12(7-9)19-15(21)11(3)23-16-18-10(2)8-14(17)20-16/h5-8,11H,1-4H3,(H,19,21)(H2,17,18,20). The van der Waals surface area contributed by atoms with Gasteiger partial charge in [-0.25, -0.2) is 9.97 Å². The van der Waals surface area contributed by atoms with Crippen LogP contribution in [0.3, 0.4) is 0 Å². The lowest BCUT2D eigenvalue weighted by atomic mass is 10.2. The van der Waals surface area contributed by atoms with Crippen LogP contribution >= 0.6 is 11.8 Å². The van der Waals surface area contributed by atoms with Gasteiger partial charge in [0, 0.05) is 11.8 Å². The van der Waals surface area contributed by atoms with Gasteiger partial charge in [-0.3, -0.25) is 4.79 Å². The predicted molar refractivity (Wildman–Crippen MR) is 92.9 cm³/mol. The van der Waals surface area contributed by atoms with Crippen molar-refractivity contribution in [1.29, 1.82) is 0 Å². The maximum Gasteiger partial charge on any atom is 0.237 e. The molecular weight excluding hydrogens is 312 g/mol. The zero-order valence-corrected chi connectivity index (χ0v) is 14.4. The average molecular weight is 332 g/mol. The summed E-state index contributed by atoms with van der Waals surface area (Å²) in [6, 6.07) is 7.31. The van der Waals surface area contributed by atoms with Gasteiger partial charge in [-0.05, 0) is 38.5 Å². The van der Waals surface area contributed by atoms with Crippen molar-refractivity contribution >= 4 is 29.2 Å². The Hall–Kier alpha value is -2.28. The highest BCUT2D eigenvalue weighted by atomic mass is 32.2. The van der Waals surface area contributed by atoms with Gasteiger partial charge >= 0.3 is 0 Å². The van der Waals surface area contributed by atoms with Crippen molar-refractivity contribution in [3.05, 3.63) is 35.5 Å². The first kappa shape index (κ1) is 17.1. The van der Waals surface area contributed by atoms with Crippen LogP contribution in [0.15, 0.2) is 29.4 Å². The van der Waals surface area contributed by atoms with E-state index in [1.54, 1.807) is 20.1 Å². The number of thioether (sulfide) groups is 1. The molecule has 1 atom stereocenters. The Kier molecular flexibility index (Phi) is 5.44. The van der Waals surface area contributed by atoms with E-state index in [0.717, 1.165) is 11.3 Å². The van der Waals surface area contributed by atoms with Crippen LogP contribution in [0.4, 0.5) is 11.5 Å². The minimum absolute atomic E-state index is 0.150. The van der Waals surface area contributed by atoms with Gasteiger partial charge in [0.25, 0.3) is 0 Å². The summed E-state index contributed by atoms with van der Waals surface area (Å²) < 4.78 is 5.27. The lowest BCUT2D eigenvalue weighted by molar-refractivity contribution is -0.115. The summed E-state index contributed by atoms with van der Waals surface area (Å²) >= 11 is 1.26. The largest absolute Gasteiger partial charge is 0.495 e. The summed E-state index contributed by atoms with van der Waals surface area (Å²) in [6.45, 7) is 5.59. The number of carbonyl (C=O) groups excluding carboxylic acids is 1. The molecule has 0 saturated carbocycles. The van der Waals surface area contributed by atoms with Gasteiger partial charge < -0.3 is 15.8 Å². The van der Waals surface area contributed by atoms with E-state index in [1.165, 1.54) is 11.8 Å². The number of nitrogens with one attached hydrogen (secondary N) is 1. The second kappa shape index (κ2) is 7.32. The highest BCUT2D eigenvalue weighted by Crippen LogP contribution is 2.27. The number of nitrogens with two attached hydrogens (primary N) is 1. The minimum atomic E-state index is -0.374. The molecule has 0 bridgehead atoms. The molecule has 1 aromatic heterocycles. The molecule has 6 nitrogen and oxygen atoms in total. The molecule has 7 heteroatoms. The third-order valence-corrected chi connectivity index (χ3v) is 4.08. The van der Waals surface area contributed by atoms with Crippen LogP contribution in [0, 0.1) is 13.8 Å². The van der Waals surface area contributed by atoms with Crippen molar-refractivity contribution in [3.63, 3.8) is 0 Å². The summed E-state index contributed by atoms with van der Waals surface area (Å²) in [4.78, 5) is 20.8. The van der Waals surface area contributed by atoms with Gasteiger partial charge in [-0.15, -0.1) is 0 Å². The number of hydrogen-bond donors (Lipinski definition) is 2. The molecular formula is C16H20N4O2S. The normalized spacial score (nSPS) is 11.8. The lowest BCUT2D eigenvalue weighted by Crippen LogP contribution is -2.23. The van der Waals surface area contributed by atoms with Gasteiger partial charge in [0.2, 0.25) is 5.91 Å². The number of nitrogen functional groups attached to an aromatic ring is 1. The van der Waals surface area contributed by atoms with Crippen molar-refractivity contribution in [1.82, 2.24) is 9.97 Å². The van der Waals surface area contributed by atoms with Crippen LogP contribution in [0.2, 0.25) is 0 Å². The second-order valence-corrected chi connectivity index (χ2v) is 6.48. The topological polar surface area (TPSA) is 90.1 Å². The number of aryl methyl sites for hydroxylation is 2. The zero-order chi connectivity index (χ0) is 17.0. The van der Waals surface area contributed by atoms with Gasteiger partial charge in [0.1, 0.15) is 11.6 Å². The number of rotatable bonds is 5. The van der Waals surface area contributed by atoms with E-state index in [2.05, 4.69) is 15.3 Å². The highest BCUT2D eigenvalue weighted by Gasteiger charge is 2.18. The first-order chi connectivity index (χ1) is 10.9. The molecule has 122 valence electrons. The van der Waals surface area contributed by atoms with Crippen LogP contribution in [0.5, 0.6) is 5.75 Å². The Morgan fingerprint density at radius 1 is 1.30 bits per heavy atom. The maximum absolute atomic E-state index is 12.4. The molecule has 0 fully saturated rings. The Labute approximate surface area is 139 Å². The number of aromatic nitrogens is 2. The number of nitrogens with zero attached hydrogens (tertiary/aromatic N) is 2. The lowest BCUT2D eigenvalue weighted by Gasteiger charge is -2.14. The monoisotopic (exact) mass is 332 g/mol. The van der Waals surface area contributed by atoms with Gasteiger partial charge in [-0.2, -0.15) is 0 Å². The molecule has 2 rings (SSSR count). The van der Waals surface area contributed by atoms with E-state index < -0.39 is 0 Å². The third-order valence-electron chi connectivity index (χ3n) is 3.12. The summed E-state index contributed by atoms with van der Waals surface area (Å²) in [5.41, 5.74) is 8.17. The van der Waals surface area contributed by atoms with E-state index in [9.17, 15) is 4.79 Å². The van der Waals surface area contributed by atoms with Crippen molar-refractivity contribution in [3.8, 4) is 5.75 Å². The Morgan fingerprint density at radius 2 is 2.04 bits per heavy atom. The summed E-state index contributed by atoms with van der Waals surface area (Å²) in [5, 5.41) is 2.99. The number of anilines is 2. The fourth-order valence-electron chi connectivity index (χ4n) is 1.98. The van der Waals surface area contributed by atoms with Crippen molar-refractivity contribution in [2.24, 2.45) is 0 Å². The molecule has 0 radical (unpaired) electrons. The Bertz CT molecular complexity index is 701. The first-order valence-corrected chi connectivity index (χ1v) is 8.00. The zero-order valence-electron chi connectivity index (χ0n) is 13.6. The number of hydrogen-bond acceptors (Lipinski definition) is 6. The number of benzene rings is 1. The average Bonchev–Trinajstić information content (AvgIpc) is 2.46. The van der Waals surface area contributed by atoms with Crippen LogP contribution < -0.4 is 15.8 Å². The van der Waals surface area contributed by atoms with Gasteiger partial charge in [0.05, 0.1) is 18.0 Å². The van der Waals surface area contributed by atoms with E-state index in [0.29, 0.717) is 22.4 Å². The quantitative estimate of drug-likeness (QED) is 0.646.